The molecule has 3 aromatic carbocycles. The van der Waals surface area contributed by atoms with Gasteiger partial charge in [-0.25, -0.2) is 0 Å². The van der Waals surface area contributed by atoms with Crippen molar-refractivity contribution in [1.82, 2.24) is 0 Å². The Balaban J connectivity index is 1.73. The van der Waals surface area contributed by atoms with Gasteiger partial charge in [0.2, 0.25) is 0 Å². The number of halogens is 3. The number of carbonyl (C=O) groups is 1. The van der Waals surface area contributed by atoms with E-state index in [0.29, 0.717) is 22.8 Å². The molecule has 0 N–H and O–H groups in total. The molecule has 0 bridgehead atoms. The highest BCUT2D eigenvalue weighted by molar-refractivity contribution is 6.06. The molecule has 0 fully saturated rings. The van der Waals surface area contributed by atoms with Crippen molar-refractivity contribution in [1.29, 1.82) is 0 Å². The summed E-state index contributed by atoms with van der Waals surface area (Å²) in [6.07, 6.45) is -1.26. The molecular weight excluding hydrogens is 429 g/mol. The number of benzene rings is 3. The molecule has 3 rings (SSSR count). The Morgan fingerprint density at radius 1 is 1.00 bits per heavy atom. The largest absolute Gasteiger partial charge is 0.496 e. The molecule has 0 atom stereocenters. The Morgan fingerprint density at radius 2 is 1.73 bits per heavy atom. The van der Waals surface area contributed by atoms with Gasteiger partial charge in [0.15, 0.2) is 5.78 Å². The summed E-state index contributed by atoms with van der Waals surface area (Å²) < 4.78 is 49.7. The maximum atomic E-state index is 12.9. The number of hydrogen-bond donors (Lipinski definition) is 0. The molecule has 172 valence electrons. The fourth-order valence-corrected chi connectivity index (χ4v) is 3.24. The molecule has 0 saturated carbocycles. The molecule has 0 amide bonds. The number of methoxy groups -OCH3 is 1. The number of alkyl halides is 3. The average Bonchev–Trinajstić information content (AvgIpc) is 2.81. The monoisotopic (exact) mass is 454 g/mol. The molecule has 33 heavy (non-hydrogen) atoms. The Hall–Kier alpha value is -3.54. The van der Waals surface area contributed by atoms with Crippen molar-refractivity contribution >= 4 is 11.9 Å². The third-order valence-electron chi connectivity index (χ3n) is 5.15. The molecule has 0 spiro atoms. The van der Waals surface area contributed by atoms with Crippen molar-refractivity contribution in [2.24, 2.45) is 0 Å². The maximum Gasteiger partial charge on any atom is 0.416 e. The van der Waals surface area contributed by atoms with Gasteiger partial charge < -0.3 is 9.47 Å². The Bertz CT molecular complexity index is 1130. The van der Waals surface area contributed by atoms with Crippen LogP contribution < -0.4 is 9.47 Å². The molecule has 0 radical (unpaired) electrons. The predicted octanol–water partition coefficient (Wildman–Crippen LogP) is 7.31. The minimum absolute atomic E-state index is 0.0107. The van der Waals surface area contributed by atoms with Crippen LogP contribution in [-0.4, -0.2) is 12.9 Å². The lowest BCUT2D eigenvalue weighted by Crippen LogP contribution is -2.05. The van der Waals surface area contributed by atoms with Crippen molar-refractivity contribution in [2.45, 2.75) is 32.5 Å². The zero-order valence-electron chi connectivity index (χ0n) is 18.6. The highest BCUT2D eigenvalue weighted by Gasteiger charge is 2.30. The molecule has 0 aromatic heterocycles. The van der Waals surface area contributed by atoms with Gasteiger partial charge in [-0.05, 0) is 53.5 Å². The van der Waals surface area contributed by atoms with Gasteiger partial charge in [0.1, 0.15) is 18.1 Å². The summed E-state index contributed by atoms with van der Waals surface area (Å²) >= 11 is 0. The number of rotatable bonds is 8. The van der Waals surface area contributed by atoms with E-state index in [1.807, 2.05) is 24.3 Å². The van der Waals surface area contributed by atoms with E-state index in [1.165, 1.54) is 25.3 Å². The summed E-state index contributed by atoms with van der Waals surface area (Å²) in [5, 5.41) is 0. The number of allylic oxidation sites excluding steroid dienone is 1. The summed E-state index contributed by atoms with van der Waals surface area (Å²) in [6, 6.07) is 17.5. The van der Waals surface area contributed by atoms with Crippen molar-refractivity contribution in [3.05, 3.63) is 101 Å². The van der Waals surface area contributed by atoms with Crippen molar-refractivity contribution in [2.75, 3.05) is 7.11 Å². The summed E-state index contributed by atoms with van der Waals surface area (Å²) in [4.78, 5) is 12.5. The topological polar surface area (TPSA) is 35.5 Å². The summed E-state index contributed by atoms with van der Waals surface area (Å²) in [6.45, 7) is 4.19. The van der Waals surface area contributed by atoms with Crippen molar-refractivity contribution < 1.29 is 27.4 Å². The number of carbonyl (C=O) groups excluding carboxylic acids is 1. The van der Waals surface area contributed by atoms with Gasteiger partial charge in [-0.2, -0.15) is 13.2 Å². The van der Waals surface area contributed by atoms with Gasteiger partial charge in [-0.15, -0.1) is 0 Å². The van der Waals surface area contributed by atoms with E-state index in [1.54, 1.807) is 24.3 Å². The van der Waals surface area contributed by atoms with Crippen LogP contribution >= 0.6 is 0 Å². The van der Waals surface area contributed by atoms with Gasteiger partial charge in [0, 0.05) is 11.1 Å². The van der Waals surface area contributed by atoms with Gasteiger partial charge in [-0.1, -0.05) is 56.3 Å². The number of ketones is 1. The Morgan fingerprint density at radius 3 is 2.36 bits per heavy atom. The lowest BCUT2D eigenvalue weighted by molar-refractivity contribution is -0.137. The third-order valence-corrected chi connectivity index (χ3v) is 5.15. The molecular formula is C27H25F3O3. The minimum atomic E-state index is -4.44. The van der Waals surface area contributed by atoms with Crippen LogP contribution in [0.5, 0.6) is 11.5 Å². The number of hydrogen-bond acceptors (Lipinski definition) is 3. The maximum absolute atomic E-state index is 12.9. The molecule has 0 aliphatic heterocycles. The van der Waals surface area contributed by atoms with E-state index in [4.69, 9.17) is 9.47 Å². The second-order valence-corrected chi connectivity index (χ2v) is 7.86. The van der Waals surface area contributed by atoms with Gasteiger partial charge in [-0.3, -0.25) is 4.79 Å². The second kappa shape index (κ2) is 10.4. The van der Waals surface area contributed by atoms with E-state index in [2.05, 4.69) is 13.8 Å². The summed E-state index contributed by atoms with van der Waals surface area (Å²) in [7, 11) is 1.50. The highest BCUT2D eigenvalue weighted by atomic mass is 19.4. The molecule has 3 aromatic rings. The molecule has 0 aliphatic carbocycles. The lowest BCUT2D eigenvalue weighted by atomic mass is 10.00. The molecule has 3 nitrogen and oxygen atoms in total. The van der Waals surface area contributed by atoms with Crippen molar-refractivity contribution in [3.63, 3.8) is 0 Å². The Labute approximate surface area is 191 Å². The van der Waals surface area contributed by atoms with E-state index in [-0.39, 0.29) is 18.1 Å². The first-order chi connectivity index (χ1) is 15.7. The summed E-state index contributed by atoms with van der Waals surface area (Å²) in [5.74, 6) is 0.908. The highest BCUT2D eigenvalue weighted by Crippen LogP contribution is 2.32. The zero-order chi connectivity index (χ0) is 24.0. The quantitative estimate of drug-likeness (QED) is 0.264. The van der Waals surface area contributed by atoms with Crippen LogP contribution in [0, 0.1) is 0 Å². The standard InChI is InChI=1S/C27H25F3O3/c1-18(2)20-9-11-21(12-10-20)25(31)13-7-19-8-14-26(32-3)22(15-19)17-33-24-6-4-5-23(16-24)27(28,29)30/h4-16,18H,17H2,1-3H3/b13-7+. The van der Waals surface area contributed by atoms with E-state index >= 15 is 0 Å². The van der Waals surface area contributed by atoms with Crippen LogP contribution in [0.15, 0.2) is 72.8 Å². The summed E-state index contributed by atoms with van der Waals surface area (Å²) in [5.41, 5.74) is 2.37. The third kappa shape index (κ3) is 6.48. The van der Waals surface area contributed by atoms with Gasteiger partial charge >= 0.3 is 6.18 Å². The van der Waals surface area contributed by atoms with Crippen LogP contribution in [0.1, 0.15) is 52.4 Å². The predicted molar refractivity (Wildman–Crippen MR) is 123 cm³/mol. The second-order valence-electron chi connectivity index (χ2n) is 7.86. The van der Waals surface area contributed by atoms with E-state index in [0.717, 1.165) is 23.3 Å². The van der Waals surface area contributed by atoms with Crippen LogP contribution in [-0.2, 0) is 12.8 Å². The fourth-order valence-electron chi connectivity index (χ4n) is 3.24. The molecule has 0 aliphatic rings. The van der Waals surface area contributed by atoms with E-state index < -0.39 is 11.7 Å². The van der Waals surface area contributed by atoms with E-state index in [9.17, 15) is 18.0 Å². The SMILES string of the molecule is COc1ccc(/C=C/C(=O)c2ccc(C(C)C)cc2)cc1COc1cccc(C(F)(F)F)c1. The molecule has 6 heteroatoms. The van der Waals surface area contributed by atoms with Crippen LogP contribution in [0.3, 0.4) is 0 Å². The molecule has 0 unspecified atom stereocenters. The zero-order valence-corrected chi connectivity index (χ0v) is 18.6. The molecule has 0 heterocycles. The normalized spacial score (nSPS) is 11.7. The fraction of sp³-hybridized carbons (Fsp3) is 0.222. The first-order valence-corrected chi connectivity index (χ1v) is 10.5. The smallest absolute Gasteiger partial charge is 0.416 e. The van der Waals surface area contributed by atoms with Gasteiger partial charge in [0.05, 0.1) is 12.7 Å². The van der Waals surface area contributed by atoms with Crippen molar-refractivity contribution in [3.8, 4) is 11.5 Å². The molecule has 0 saturated heterocycles. The first kappa shape index (κ1) is 24.1. The lowest BCUT2D eigenvalue weighted by Gasteiger charge is -2.13. The number of ether oxygens (including phenoxy) is 2. The Kier molecular flexibility index (Phi) is 7.59. The van der Waals surface area contributed by atoms with Crippen LogP contribution in [0.4, 0.5) is 13.2 Å². The first-order valence-electron chi connectivity index (χ1n) is 10.5. The van der Waals surface area contributed by atoms with Crippen LogP contribution in [0.25, 0.3) is 6.08 Å². The van der Waals surface area contributed by atoms with Crippen LogP contribution in [0.2, 0.25) is 0 Å². The minimum Gasteiger partial charge on any atom is -0.496 e. The van der Waals surface area contributed by atoms with Gasteiger partial charge in [0.25, 0.3) is 0 Å². The average molecular weight is 454 g/mol.